The van der Waals surface area contributed by atoms with E-state index in [9.17, 15) is 9.59 Å². The van der Waals surface area contributed by atoms with Crippen LogP contribution in [-0.4, -0.2) is 42.9 Å². The van der Waals surface area contributed by atoms with E-state index in [2.05, 4.69) is 60.8 Å². The second-order valence-electron chi connectivity index (χ2n) is 8.60. The van der Waals surface area contributed by atoms with Gasteiger partial charge in [-0.3, -0.25) is 9.59 Å². The fraction of sp³-hybridized carbons (Fsp3) is 0.500. The standard InChI is InChI=1S/C28H41N3O2/c1-2-3-22-31(28(33)17-11-6-12-20-29)23-19-27(32)30-21-18-26(24-13-7-4-8-14-24)25-15-9-5-10-16-25/h4-5,7-10,13-16,26H,2-3,6,11-12,17-23,29H2,1H3,(H,30,32). The molecule has 180 valence electrons. The second-order valence-corrected chi connectivity index (χ2v) is 8.60. The molecule has 2 aromatic rings. The molecule has 0 fully saturated rings. The minimum Gasteiger partial charge on any atom is -0.356 e. The Morgan fingerprint density at radius 1 is 0.848 bits per heavy atom. The van der Waals surface area contributed by atoms with Gasteiger partial charge in [0, 0.05) is 38.4 Å². The minimum atomic E-state index is 0.00676. The quantitative estimate of drug-likeness (QED) is 0.358. The number of rotatable bonds is 16. The summed E-state index contributed by atoms with van der Waals surface area (Å²) in [4.78, 5) is 27.0. The minimum absolute atomic E-state index is 0.00676. The number of nitrogens with two attached hydrogens (primary N) is 1. The van der Waals surface area contributed by atoms with E-state index >= 15 is 0 Å². The first-order valence-electron chi connectivity index (χ1n) is 12.5. The Morgan fingerprint density at radius 3 is 2.06 bits per heavy atom. The highest BCUT2D eigenvalue weighted by molar-refractivity contribution is 5.79. The van der Waals surface area contributed by atoms with Gasteiger partial charge in [-0.1, -0.05) is 80.4 Å². The Kier molecular flexibility index (Phi) is 12.9. The molecule has 0 unspecified atom stereocenters. The zero-order chi connectivity index (χ0) is 23.7. The van der Waals surface area contributed by atoms with Crippen molar-refractivity contribution in [1.82, 2.24) is 10.2 Å². The summed E-state index contributed by atoms with van der Waals surface area (Å²) >= 11 is 0. The van der Waals surface area contributed by atoms with Gasteiger partial charge in [0.15, 0.2) is 0 Å². The van der Waals surface area contributed by atoms with E-state index in [1.807, 2.05) is 17.0 Å². The molecular weight excluding hydrogens is 410 g/mol. The van der Waals surface area contributed by atoms with Gasteiger partial charge in [-0.05, 0) is 43.4 Å². The first kappa shape index (κ1) is 26.6. The molecule has 0 aliphatic heterocycles. The molecule has 0 aliphatic rings. The molecule has 5 nitrogen and oxygen atoms in total. The van der Waals surface area contributed by atoms with Crippen LogP contribution in [0.25, 0.3) is 0 Å². The van der Waals surface area contributed by atoms with E-state index in [0.29, 0.717) is 32.5 Å². The topological polar surface area (TPSA) is 75.4 Å². The van der Waals surface area contributed by atoms with E-state index < -0.39 is 0 Å². The van der Waals surface area contributed by atoms with Crippen LogP contribution in [0.5, 0.6) is 0 Å². The highest BCUT2D eigenvalue weighted by Gasteiger charge is 2.16. The molecule has 3 N–H and O–H groups in total. The Morgan fingerprint density at radius 2 is 1.48 bits per heavy atom. The van der Waals surface area contributed by atoms with Crippen LogP contribution >= 0.6 is 0 Å². The number of carbonyl (C=O) groups is 2. The van der Waals surface area contributed by atoms with Crippen LogP contribution in [-0.2, 0) is 9.59 Å². The van der Waals surface area contributed by atoms with Crippen molar-refractivity contribution in [3.63, 3.8) is 0 Å². The summed E-state index contributed by atoms with van der Waals surface area (Å²) in [7, 11) is 0. The van der Waals surface area contributed by atoms with Gasteiger partial charge in [-0.2, -0.15) is 0 Å². The van der Waals surface area contributed by atoms with Crippen molar-refractivity contribution in [2.75, 3.05) is 26.2 Å². The maximum absolute atomic E-state index is 12.6. The highest BCUT2D eigenvalue weighted by Crippen LogP contribution is 2.27. The molecule has 5 heteroatoms. The average molecular weight is 452 g/mol. The number of nitrogens with one attached hydrogen (secondary N) is 1. The molecule has 0 aliphatic carbocycles. The van der Waals surface area contributed by atoms with Crippen molar-refractivity contribution in [2.45, 2.75) is 64.2 Å². The zero-order valence-corrected chi connectivity index (χ0v) is 20.2. The summed E-state index contributed by atoms with van der Waals surface area (Å²) in [5, 5.41) is 3.07. The van der Waals surface area contributed by atoms with Gasteiger partial charge in [0.25, 0.3) is 0 Å². The van der Waals surface area contributed by atoms with Crippen molar-refractivity contribution in [3.8, 4) is 0 Å². The van der Waals surface area contributed by atoms with Crippen molar-refractivity contribution >= 4 is 11.8 Å². The summed E-state index contributed by atoms with van der Waals surface area (Å²) in [5.41, 5.74) is 8.04. The van der Waals surface area contributed by atoms with Crippen molar-refractivity contribution < 1.29 is 9.59 Å². The van der Waals surface area contributed by atoms with Gasteiger partial charge in [0.2, 0.25) is 11.8 Å². The van der Waals surface area contributed by atoms with Crippen LogP contribution in [0, 0.1) is 0 Å². The van der Waals surface area contributed by atoms with Crippen LogP contribution in [0.4, 0.5) is 0 Å². The van der Waals surface area contributed by atoms with Crippen molar-refractivity contribution in [2.24, 2.45) is 5.73 Å². The predicted octanol–water partition coefficient (Wildman–Crippen LogP) is 4.86. The van der Waals surface area contributed by atoms with E-state index in [4.69, 9.17) is 5.73 Å². The molecule has 0 saturated heterocycles. The summed E-state index contributed by atoms with van der Waals surface area (Å²) in [6, 6.07) is 20.9. The molecule has 0 atom stereocenters. The van der Waals surface area contributed by atoms with E-state index in [1.165, 1.54) is 11.1 Å². The molecule has 2 rings (SSSR count). The Bertz CT molecular complexity index is 756. The number of nitrogens with zero attached hydrogens (tertiary/aromatic N) is 1. The van der Waals surface area contributed by atoms with Crippen molar-refractivity contribution in [3.05, 3.63) is 71.8 Å². The molecule has 0 aromatic heterocycles. The van der Waals surface area contributed by atoms with Crippen LogP contribution in [0.1, 0.15) is 75.3 Å². The lowest BCUT2D eigenvalue weighted by Gasteiger charge is -2.23. The largest absolute Gasteiger partial charge is 0.356 e. The molecule has 0 radical (unpaired) electrons. The zero-order valence-electron chi connectivity index (χ0n) is 20.2. The average Bonchev–Trinajstić information content (AvgIpc) is 2.85. The first-order chi connectivity index (χ1) is 16.2. The number of benzene rings is 2. The monoisotopic (exact) mass is 451 g/mol. The van der Waals surface area contributed by atoms with Crippen LogP contribution in [0.2, 0.25) is 0 Å². The fourth-order valence-electron chi connectivity index (χ4n) is 4.04. The third-order valence-corrected chi connectivity index (χ3v) is 6.00. The van der Waals surface area contributed by atoms with Gasteiger partial charge >= 0.3 is 0 Å². The molecular formula is C28H41N3O2. The van der Waals surface area contributed by atoms with Gasteiger partial charge < -0.3 is 16.0 Å². The van der Waals surface area contributed by atoms with E-state index in [1.54, 1.807) is 0 Å². The number of hydrogen-bond acceptors (Lipinski definition) is 3. The molecule has 2 amide bonds. The third kappa shape index (κ3) is 10.2. The van der Waals surface area contributed by atoms with Crippen LogP contribution in [0.3, 0.4) is 0 Å². The number of amides is 2. The first-order valence-corrected chi connectivity index (χ1v) is 12.5. The molecule has 33 heavy (non-hydrogen) atoms. The van der Waals surface area contributed by atoms with Crippen LogP contribution < -0.4 is 11.1 Å². The molecule has 0 saturated carbocycles. The van der Waals surface area contributed by atoms with Gasteiger partial charge in [0.05, 0.1) is 0 Å². The van der Waals surface area contributed by atoms with E-state index in [0.717, 1.165) is 45.1 Å². The molecule has 0 heterocycles. The summed E-state index contributed by atoms with van der Waals surface area (Å²) in [6.07, 6.45) is 6.52. The normalized spacial score (nSPS) is 10.9. The fourth-order valence-corrected chi connectivity index (χ4v) is 4.04. The Labute approximate surface area is 199 Å². The molecule has 0 spiro atoms. The Balaban J connectivity index is 1.83. The smallest absolute Gasteiger partial charge is 0.222 e. The van der Waals surface area contributed by atoms with Gasteiger partial charge in [-0.25, -0.2) is 0 Å². The maximum atomic E-state index is 12.6. The lowest BCUT2D eigenvalue weighted by Crippen LogP contribution is -2.36. The summed E-state index contributed by atoms with van der Waals surface area (Å²) < 4.78 is 0. The number of carbonyl (C=O) groups excluding carboxylic acids is 2. The summed E-state index contributed by atoms with van der Waals surface area (Å²) in [6.45, 7) is 4.61. The lowest BCUT2D eigenvalue weighted by molar-refractivity contribution is -0.132. The number of hydrogen-bond donors (Lipinski definition) is 2. The SMILES string of the molecule is CCCCN(CCC(=O)NCCC(c1ccccc1)c1ccccc1)C(=O)CCCCCN. The molecule has 0 bridgehead atoms. The molecule has 2 aromatic carbocycles. The van der Waals surface area contributed by atoms with E-state index in [-0.39, 0.29) is 17.7 Å². The summed E-state index contributed by atoms with van der Waals surface area (Å²) in [5.74, 6) is 0.401. The van der Waals surface area contributed by atoms with Crippen LogP contribution in [0.15, 0.2) is 60.7 Å². The second kappa shape index (κ2) is 16.0. The van der Waals surface area contributed by atoms with Crippen molar-refractivity contribution in [1.29, 1.82) is 0 Å². The third-order valence-electron chi connectivity index (χ3n) is 6.00. The predicted molar refractivity (Wildman–Crippen MR) is 136 cm³/mol. The number of unbranched alkanes of at least 4 members (excludes halogenated alkanes) is 3. The maximum Gasteiger partial charge on any atom is 0.222 e. The lowest BCUT2D eigenvalue weighted by atomic mass is 9.88. The highest BCUT2D eigenvalue weighted by atomic mass is 16.2. The Hall–Kier alpha value is -2.66. The van der Waals surface area contributed by atoms with Gasteiger partial charge in [-0.15, -0.1) is 0 Å². The van der Waals surface area contributed by atoms with Gasteiger partial charge in [0.1, 0.15) is 0 Å².